The molecule has 0 aliphatic carbocycles. The number of nitrogens with zero attached hydrogens (tertiary/aromatic N) is 2. The Bertz CT molecular complexity index is 512. The van der Waals surface area contributed by atoms with Gasteiger partial charge in [0.15, 0.2) is 0 Å². The van der Waals surface area contributed by atoms with E-state index >= 15 is 0 Å². The van der Waals surface area contributed by atoms with Crippen molar-refractivity contribution >= 4 is 17.0 Å². The van der Waals surface area contributed by atoms with Crippen LogP contribution in [0.15, 0.2) is 24.3 Å². The van der Waals surface area contributed by atoms with E-state index in [4.69, 9.17) is 5.11 Å². The minimum atomic E-state index is -2.75. The molecular weight excluding hydrogens is 228 g/mol. The summed E-state index contributed by atoms with van der Waals surface area (Å²) in [5.74, 6) is 0.464. The highest BCUT2D eigenvalue weighted by molar-refractivity contribution is 5.78. The molecule has 0 spiro atoms. The smallest absolute Gasteiger partial charge is 0.265 e. The number of anilines is 1. The van der Waals surface area contributed by atoms with Gasteiger partial charge in [-0.1, -0.05) is 12.1 Å². The van der Waals surface area contributed by atoms with Crippen molar-refractivity contribution in [2.75, 3.05) is 11.9 Å². The molecular formula is C11H13F2N3O. The Morgan fingerprint density at radius 1 is 1.41 bits per heavy atom. The zero-order valence-corrected chi connectivity index (χ0v) is 9.27. The molecule has 0 aliphatic rings. The minimum Gasteiger partial charge on any atom is -0.385 e. The highest BCUT2D eigenvalue weighted by atomic mass is 19.3. The first-order valence-corrected chi connectivity index (χ1v) is 5.21. The molecule has 17 heavy (non-hydrogen) atoms. The quantitative estimate of drug-likeness (QED) is 0.855. The van der Waals surface area contributed by atoms with Crippen molar-refractivity contribution in [3.8, 4) is 0 Å². The predicted octanol–water partition coefficient (Wildman–Crippen LogP) is 1.61. The number of halogens is 2. The standard InChI is InChI=1S/C11H13F2N3O/c1-16-8-5-3-2-4-7(8)15-11(16)14-6-9(17)10(12)13/h2-5,9-10,17H,6H2,1H3,(H,14,15). The van der Waals surface area contributed by atoms with E-state index in [0.717, 1.165) is 11.0 Å². The summed E-state index contributed by atoms with van der Waals surface area (Å²) in [6.45, 7) is -0.227. The molecule has 0 saturated heterocycles. The van der Waals surface area contributed by atoms with Gasteiger partial charge in [-0.25, -0.2) is 13.8 Å². The van der Waals surface area contributed by atoms with Gasteiger partial charge in [0.2, 0.25) is 5.95 Å². The number of benzene rings is 1. The van der Waals surface area contributed by atoms with E-state index in [1.807, 2.05) is 24.3 Å². The van der Waals surface area contributed by atoms with Crippen LogP contribution in [-0.2, 0) is 7.05 Å². The summed E-state index contributed by atoms with van der Waals surface area (Å²) >= 11 is 0. The number of hydrogen-bond acceptors (Lipinski definition) is 3. The summed E-state index contributed by atoms with van der Waals surface area (Å²) < 4.78 is 26.0. The van der Waals surface area contributed by atoms with Crippen LogP contribution in [0.2, 0.25) is 0 Å². The molecule has 4 nitrogen and oxygen atoms in total. The van der Waals surface area contributed by atoms with Gasteiger partial charge < -0.3 is 15.0 Å². The maximum absolute atomic E-state index is 12.1. The number of aliphatic hydroxyl groups excluding tert-OH is 1. The van der Waals surface area contributed by atoms with Crippen LogP contribution in [0.25, 0.3) is 11.0 Å². The van der Waals surface area contributed by atoms with Gasteiger partial charge in [0.05, 0.1) is 11.0 Å². The van der Waals surface area contributed by atoms with Crippen LogP contribution in [0.5, 0.6) is 0 Å². The van der Waals surface area contributed by atoms with Crippen LogP contribution in [0.3, 0.4) is 0 Å². The Hall–Kier alpha value is -1.69. The maximum Gasteiger partial charge on any atom is 0.265 e. The van der Waals surface area contributed by atoms with Gasteiger partial charge in [0.1, 0.15) is 6.10 Å². The Balaban J connectivity index is 2.16. The average molecular weight is 241 g/mol. The molecule has 0 bridgehead atoms. The Morgan fingerprint density at radius 2 is 2.12 bits per heavy atom. The molecule has 0 amide bonds. The van der Waals surface area contributed by atoms with E-state index in [9.17, 15) is 8.78 Å². The maximum atomic E-state index is 12.1. The number of rotatable bonds is 4. The molecule has 1 unspecified atom stereocenters. The fourth-order valence-corrected chi connectivity index (χ4v) is 1.59. The van der Waals surface area contributed by atoms with E-state index < -0.39 is 12.5 Å². The first kappa shape index (κ1) is 11.8. The topological polar surface area (TPSA) is 50.1 Å². The molecule has 1 atom stereocenters. The molecule has 1 heterocycles. The van der Waals surface area contributed by atoms with Gasteiger partial charge in [-0.05, 0) is 12.1 Å². The van der Waals surface area contributed by atoms with E-state index in [1.54, 1.807) is 11.6 Å². The van der Waals surface area contributed by atoms with Gasteiger partial charge in [-0.2, -0.15) is 0 Å². The van der Waals surface area contributed by atoms with E-state index in [0.29, 0.717) is 5.95 Å². The molecule has 6 heteroatoms. The molecule has 2 aromatic rings. The van der Waals surface area contributed by atoms with Crippen molar-refractivity contribution in [1.29, 1.82) is 0 Å². The fraction of sp³-hybridized carbons (Fsp3) is 0.364. The molecule has 0 aliphatic heterocycles. The zero-order chi connectivity index (χ0) is 12.4. The number of hydrogen-bond donors (Lipinski definition) is 2. The SMILES string of the molecule is Cn1c(NCC(O)C(F)F)nc2ccccc21. The van der Waals surface area contributed by atoms with Gasteiger partial charge in [-0.3, -0.25) is 0 Å². The predicted molar refractivity (Wildman–Crippen MR) is 61.2 cm³/mol. The number of nitrogens with one attached hydrogen (secondary N) is 1. The third-order valence-corrected chi connectivity index (χ3v) is 2.55. The highest BCUT2D eigenvalue weighted by Crippen LogP contribution is 2.17. The van der Waals surface area contributed by atoms with Gasteiger partial charge in [-0.15, -0.1) is 0 Å². The molecule has 2 rings (SSSR count). The molecule has 2 N–H and O–H groups in total. The van der Waals surface area contributed by atoms with E-state index in [-0.39, 0.29) is 6.54 Å². The van der Waals surface area contributed by atoms with Crippen molar-refractivity contribution in [3.05, 3.63) is 24.3 Å². The molecule has 92 valence electrons. The molecule has 1 aromatic carbocycles. The van der Waals surface area contributed by atoms with E-state index in [2.05, 4.69) is 10.3 Å². The molecule has 0 radical (unpaired) electrons. The minimum absolute atomic E-state index is 0.227. The molecule has 0 fully saturated rings. The Morgan fingerprint density at radius 3 is 2.76 bits per heavy atom. The second kappa shape index (κ2) is 4.67. The Kier molecular flexibility index (Phi) is 3.23. The number of fused-ring (bicyclic) bond motifs is 1. The number of aryl methyl sites for hydroxylation is 1. The van der Waals surface area contributed by atoms with Gasteiger partial charge >= 0.3 is 0 Å². The molecule has 1 aromatic heterocycles. The van der Waals surface area contributed by atoms with Crippen LogP contribution in [-0.4, -0.2) is 33.7 Å². The van der Waals surface area contributed by atoms with Gasteiger partial charge in [0.25, 0.3) is 6.43 Å². The van der Waals surface area contributed by atoms with Crippen LogP contribution in [0, 0.1) is 0 Å². The largest absolute Gasteiger partial charge is 0.385 e. The third-order valence-electron chi connectivity index (χ3n) is 2.55. The number of para-hydroxylation sites is 2. The number of alkyl halides is 2. The summed E-state index contributed by atoms with van der Waals surface area (Å²) in [5, 5.41) is 11.7. The lowest BCUT2D eigenvalue weighted by Crippen LogP contribution is -2.27. The highest BCUT2D eigenvalue weighted by Gasteiger charge is 2.17. The lowest BCUT2D eigenvalue weighted by Gasteiger charge is -2.11. The lowest BCUT2D eigenvalue weighted by atomic mass is 10.3. The number of imidazole rings is 1. The van der Waals surface area contributed by atoms with Crippen molar-refractivity contribution in [3.63, 3.8) is 0 Å². The normalized spacial score (nSPS) is 13.2. The summed E-state index contributed by atoms with van der Waals surface area (Å²) in [6, 6.07) is 7.45. The summed E-state index contributed by atoms with van der Waals surface area (Å²) in [4.78, 5) is 4.24. The van der Waals surface area contributed by atoms with Crippen molar-refractivity contribution in [1.82, 2.24) is 9.55 Å². The van der Waals surface area contributed by atoms with Crippen molar-refractivity contribution < 1.29 is 13.9 Å². The first-order valence-electron chi connectivity index (χ1n) is 5.21. The fourth-order valence-electron chi connectivity index (χ4n) is 1.59. The molecule has 0 saturated carbocycles. The average Bonchev–Trinajstić information content (AvgIpc) is 2.64. The van der Waals surface area contributed by atoms with Crippen LogP contribution in [0.4, 0.5) is 14.7 Å². The summed E-state index contributed by atoms with van der Waals surface area (Å²) in [7, 11) is 1.78. The van der Waals surface area contributed by atoms with Crippen molar-refractivity contribution in [2.24, 2.45) is 7.05 Å². The lowest BCUT2D eigenvalue weighted by molar-refractivity contribution is 0.00374. The van der Waals surface area contributed by atoms with Crippen molar-refractivity contribution in [2.45, 2.75) is 12.5 Å². The second-order valence-electron chi connectivity index (χ2n) is 3.77. The monoisotopic (exact) mass is 241 g/mol. The van der Waals surface area contributed by atoms with E-state index in [1.165, 1.54) is 0 Å². The number of aromatic nitrogens is 2. The summed E-state index contributed by atoms with van der Waals surface area (Å²) in [6.07, 6.45) is -4.44. The number of aliphatic hydroxyl groups is 1. The first-order chi connectivity index (χ1) is 8.09. The second-order valence-corrected chi connectivity index (χ2v) is 3.77. The van der Waals surface area contributed by atoms with Crippen LogP contribution < -0.4 is 5.32 Å². The third kappa shape index (κ3) is 2.36. The van der Waals surface area contributed by atoms with Gasteiger partial charge in [0, 0.05) is 13.6 Å². The van der Waals surface area contributed by atoms with Crippen LogP contribution >= 0.6 is 0 Å². The Labute approximate surface area is 96.9 Å². The zero-order valence-electron chi connectivity index (χ0n) is 9.27. The van der Waals surface area contributed by atoms with Crippen LogP contribution in [0.1, 0.15) is 0 Å². The summed E-state index contributed by atoms with van der Waals surface area (Å²) in [5.41, 5.74) is 1.69.